The molecule has 10 atom stereocenters. The summed E-state index contributed by atoms with van der Waals surface area (Å²) in [5, 5.41) is 31.3. The Balaban J connectivity index is 0.000000532. The number of aliphatic hydroxyl groups excluding tert-OH is 3. The van der Waals surface area contributed by atoms with Gasteiger partial charge < -0.3 is 63.4 Å². The molecule has 1 fully saturated rings. The van der Waals surface area contributed by atoms with E-state index in [9.17, 15) is 15.3 Å². The SMILES string of the molecule is CC[C@@H](O)[C@@H](C)[C@H](OCc1ccccc1)[C@@H](OCc1ccccc1)C(C)O.CC[C@H]1OC(O)[C@H](OCc2ccccc2)[C@@H](OCc2ccccc2)[C@@H]1C.[Br-].[CH3-].[Mg+2]. The van der Waals surface area contributed by atoms with Gasteiger partial charge in [-0.05, 0) is 42.0 Å². The molecular formula is C46H63BrMgO8. The largest absolute Gasteiger partial charge is 2.00 e. The summed E-state index contributed by atoms with van der Waals surface area (Å²) in [6.45, 7) is 11.5. The Kier molecular flexibility index (Phi) is 26.2. The maximum atomic E-state index is 10.5. The summed E-state index contributed by atoms with van der Waals surface area (Å²) in [6, 6.07) is 39.8. The maximum Gasteiger partial charge on any atom is 2.00 e. The van der Waals surface area contributed by atoms with Crippen molar-refractivity contribution < 1.29 is 56.0 Å². The van der Waals surface area contributed by atoms with Gasteiger partial charge in [0.25, 0.3) is 0 Å². The zero-order valence-electron chi connectivity index (χ0n) is 34.0. The molecule has 0 bridgehead atoms. The minimum absolute atomic E-state index is 0. The monoisotopic (exact) mass is 846 g/mol. The quantitative estimate of drug-likeness (QED) is 0.0957. The third-order valence-electron chi connectivity index (χ3n) is 9.91. The van der Waals surface area contributed by atoms with Crippen LogP contribution >= 0.6 is 0 Å². The van der Waals surface area contributed by atoms with Gasteiger partial charge in [0.05, 0.1) is 56.9 Å². The van der Waals surface area contributed by atoms with Crippen LogP contribution in [0.4, 0.5) is 0 Å². The van der Waals surface area contributed by atoms with Crippen LogP contribution in [0.5, 0.6) is 0 Å². The fourth-order valence-electron chi connectivity index (χ4n) is 6.66. The maximum absolute atomic E-state index is 10.5. The van der Waals surface area contributed by atoms with Gasteiger partial charge in [0, 0.05) is 11.8 Å². The summed E-state index contributed by atoms with van der Waals surface area (Å²) in [5.74, 6) is -0.0398. The summed E-state index contributed by atoms with van der Waals surface area (Å²) in [6.07, 6.45) is -2.53. The third-order valence-corrected chi connectivity index (χ3v) is 9.91. The average molecular weight is 848 g/mol. The van der Waals surface area contributed by atoms with Crippen LogP contribution in [0, 0.1) is 19.3 Å². The van der Waals surface area contributed by atoms with E-state index in [1.807, 2.05) is 135 Å². The Hall–Kier alpha value is -2.19. The van der Waals surface area contributed by atoms with Crippen molar-refractivity contribution in [2.24, 2.45) is 11.8 Å². The number of ether oxygens (including phenoxy) is 5. The van der Waals surface area contributed by atoms with Crippen molar-refractivity contribution >= 4 is 23.1 Å². The molecule has 0 amide bonds. The van der Waals surface area contributed by atoms with Gasteiger partial charge in [-0.15, -0.1) is 0 Å². The molecule has 8 nitrogen and oxygen atoms in total. The van der Waals surface area contributed by atoms with Crippen LogP contribution in [0.2, 0.25) is 0 Å². The number of hydrogen-bond acceptors (Lipinski definition) is 8. The summed E-state index contributed by atoms with van der Waals surface area (Å²) >= 11 is 0. The van der Waals surface area contributed by atoms with E-state index in [0.717, 1.165) is 28.7 Å². The van der Waals surface area contributed by atoms with Crippen LogP contribution in [-0.2, 0) is 50.1 Å². The van der Waals surface area contributed by atoms with Gasteiger partial charge in [0.2, 0.25) is 0 Å². The molecule has 1 aliphatic rings. The van der Waals surface area contributed by atoms with Crippen molar-refractivity contribution in [3.63, 3.8) is 0 Å². The van der Waals surface area contributed by atoms with Gasteiger partial charge in [-0.3, -0.25) is 0 Å². The Morgan fingerprint density at radius 2 is 0.982 bits per heavy atom. The second kappa shape index (κ2) is 28.3. The van der Waals surface area contributed by atoms with Gasteiger partial charge in [0.15, 0.2) is 6.29 Å². The molecule has 4 aromatic carbocycles. The van der Waals surface area contributed by atoms with Crippen LogP contribution in [0.15, 0.2) is 121 Å². The third kappa shape index (κ3) is 16.6. The van der Waals surface area contributed by atoms with Crippen LogP contribution in [0.25, 0.3) is 0 Å². The smallest absolute Gasteiger partial charge is 1.00 e. The average Bonchev–Trinajstić information content (AvgIpc) is 3.19. The molecule has 304 valence electrons. The molecule has 4 aromatic rings. The van der Waals surface area contributed by atoms with E-state index in [-0.39, 0.29) is 71.5 Å². The molecule has 1 heterocycles. The number of rotatable bonds is 18. The van der Waals surface area contributed by atoms with Crippen LogP contribution < -0.4 is 17.0 Å². The first-order valence-electron chi connectivity index (χ1n) is 19.0. The van der Waals surface area contributed by atoms with E-state index in [4.69, 9.17) is 23.7 Å². The number of aliphatic hydroxyl groups is 3. The topological polar surface area (TPSA) is 107 Å². The van der Waals surface area contributed by atoms with E-state index in [1.54, 1.807) is 6.92 Å². The van der Waals surface area contributed by atoms with E-state index < -0.39 is 36.8 Å². The van der Waals surface area contributed by atoms with Crippen molar-refractivity contribution in [1.29, 1.82) is 0 Å². The number of hydrogen-bond donors (Lipinski definition) is 3. The van der Waals surface area contributed by atoms with Gasteiger partial charge in [-0.25, -0.2) is 0 Å². The second-order valence-corrected chi connectivity index (χ2v) is 14.0. The van der Waals surface area contributed by atoms with Crippen molar-refractivity contribution in [3.8, 4) is 0 Å². The van der Waals surface area contributed by atoms with Crippen molar-refractivity contribution in [3.05, 3.63) is 151 Å². The van der Waals surface area contributed by atoms with E-state index in [1.165, 1.54) is 0 Å². The molecule has 5 rings (SSSR count). The fraction of sp³-hybridized carbons (Fsp3) is 0.457. The summed E-state index contributed by atoms with van der Waals surface area (Å²) < 4.78 is 30.3. The first-order chi connectivity index (χ1) is 25.7. The molecule has 0 aliphatic carbocycles. The first-order valence-corrected chi connectivity index (χ1v) is 19.0. The van der Waals surface area contributed by atoms with Crippen LogP contribution in [-0.4, -0.2) is 87.4 Å². The zero-order valence-corrected chi connectivity index (χ0v) is 37.0. The van der Waals surface area contributed by atoms with Gasteiger partial charge in [-0.1, -0.05) is 149 Å². The molecule has 10 heteroatoms. The minimum Gasteiger partial charge on any atom is -1.00 e. The number of halogens is 1. The summed E-state index contributed by atoms with van der Waals surface area (Å²) in [7, 11) is 0. The van der Waals surface area contributed by atoms with E-state index in [2.05, 4.69) is 13.8 Å². The summed E-state index contributed by atoms with van der Waals surface area (Å²) in [4.78, 5) is 0. The second-order valence-electron chi connectivity index (χ2n) is 14.0. The fourth-order valence-corrected chi connectivity index (χ4v) is 6.66. The molecule has 1 saturated heterocycles. The van der Waals surface area contributed by atoms with Gasteiger partial charge in [-0.2, -0.15) is 0 Å². The molecular weight excluding hydrogens is 785 g/mol. The Morgan fingerprint density at radius 3 is 1.36 bits per heavy atom. The van der Waals surface area contributed by atoms with Crippen LogP contribution in [0.3, 0.4) is 0 Å². The molecule has 1 aliphatic heterocycles. The predicted molar refractivity (Wildman–Crippen MR) is 220 cm³/mol. The van der Waals surface area contributed by atoms with E-state index in [0.29, 0.717) is 32.8 Å². The Morgan fingerprint density at radius 1 is 0.607 bits per heavy atom. The Bertz CT molecular complexity index is 1520. The van der Waals surface area contributed by atoms with Crippen LogP contribution in [0.1, 0.15) is 69.7 Å². The van der Waals surface area contributed by atoms with Gasteiger partial charge >= 0.3 is 23.1 Å². The molecule has 2 unspecified atom stereocenters. The molecule has 0 saturated carbocycles. The van der Waals surface area contributed by atoms with Crippen molar-refractivity contribution in [2.75, 3.05) is 0 Å². The Labute approximate surface area is 362 Å². The van der Waals surface area contributed by atoms with Gasteiger partial charge in [0.1, 0.15) is 12.2 Å². The van der Waals surface area contributed by atoms with Crippen molar-refractivity contribution in [1.82, 2.24) is 0 Å². The number of benzene rings is 4. The van der Waals surface area contributed by atoms with Crippen molar-refractivity contribution in [2.45, 2.75) is 123 Å². The molecule has 0 spiro atoms. The summed E-state index contributed by atoms with van der Waals surface area (Å²) in [5.41, 5.74) is 4.25. The minimum atomic E-state index is -0.986. The molecule has 56 heavy (non-hydrogen) atoms. The molecule has 3 N–H and O–H groups in total. The predicted octanol–water partition coefficient (Wildman–Crippen LogP) is 4.94. The first kappa shape index (κ1) is 51.8. The zero-order chi connectivity index (χ0) is 38.0. The normalized spacial score (nSPS) is 21.6. The standard InChI is InChI=1S/C23H32O4.C22H28O4.CH3.BrH.Mg/c1-4-21(25)17(2)22(26-15-19-11-7-5-8-12-19)23(18(3)24)27-16-20-13-9-6-10-14-20;1-3-19-16(2)20(24-14-17-10-6-4-7-11-17)21(22(23)26-19)25-15-18-12-8-5-9-13-18;;;/h5-14,17-18,21-25H,4,15-16H2,1-3H3;4-13,16,19-23H,3,14-15H2,1-2H3;1H3;1H;/q;;-1;;+2/p-1/t17-,18?,21-,22+,23+;16-,19-,20+,21-,22?;;;/m11.../s1. The van der Waals surface area contributed by atoms with E-state index >= 15 is 0 Å². The molecule has 0 radical (unpaired) electrons. The molecule has 0 aromatic heterocycles.